The van der Waals surface area contributed by atoms with E-state index in [4.69, 9.17) is 23.7 Å². The third-order valence-electron chi connectivity index (χ3n) is 3.14. The van der Waals surface area contributed by atoms with Crippen LogP contribution < -0.4 is 5.32 Å². The van der Waals surface area contributed by atoms with Crippen LogP contribution in [0.1, 0.15) is 26.3 Å². The number of rotatable bonds is 14. The molecule has 0 saturated carbocycles. The molecule has 0 aliphatic heterocycles. The summed E-state index contributed by atoms with van der Waals surface area (Å²) in [4.78, 5) is 11.4. The summed E-state index contributed by atoms with van der Waals surface area (Å²) in [6.07, 6.45) is -0.438. The molecule has 1 rings (SSSR count). The highest BCUT2D eigenvalue weighted by molar-refractivity contribution is 5.67. The molecule has 0 unspecified atom stereocenters. The van der Waals surface area contributed by atoms with Gasteiger partial charge in [0.25, 0.3) is 0 Å². The van der Waals surface area contributed by atoms with Crippen molar-refractivity contribution in [3.8, 4) is 0 Å². The Morgan fingerprint density at radius 3 is 1.89 bits per heavy atom. The van der Waals surface area contributed by atoms with E-state index in [2.05, 4.69) is 5.32 Å². The van der Waals surface area contributed by atoms with Crippen LogP contribution in [0.15, 0.2) is 30.3 Å². The van der Waals surface area contributed by atoms with Crippen LogP contribution in [0.3, 0.4) is 0 Å². The van der Waals surface area contributed by atoms with Gasteiger partial charge >= 0.3 is 6.09 Å². The first-order valence-corrected chi connectivity index (χ1v) is 9.29. The second-order valence-electron chi connectivity index (χ2n) is 6.80. The van der Waals surface area contributed by atoms with Crippen molar-refractivity contribution in [2.75, 3.05) is 52.8 Å². The van der Waals surface area contributed by atoms with Gasteiger partial charge in [-0.2, -0.15) is 0 Å². The number of nitrogens with one attached hydrogen (secondary N) is 1. The van der Waals surface area contributed by atoms with Crippen LogP contribution >= 0.6 is 0 Å². The van der Waals surface area contributed by atoms with E-state index in [0.717, 1.165) is 5.56 Å². The molecule has 1 aromatic rings. The molecule has 0 bridgehead atoms. The highest BCUT2D eigenvalue weighted by Crippen LogP contribution is 2.06. The molecule has 1 amide bonds. The lowest BCUT2D eigenvalue weighted by atomic mass is 10.2. The first-order chi connectivity index (χ1) is 13.0. The van der Waals surface area contributed by atoms with E-state index in [0.29, 0.717) is 59.4 Å². The zero-order valence-electron chi connectivity index (χ0n) is 16.7. The number of hydrogen-bond acceptors (Lipinski definition) is 6. The van der Waals surface area contributed by atoms with E-state index in [1.54, 1.807) is 0 Å². The van der Waals surface area contributed by atoms with Gasteiger partial charge in [0.1, 0.15) is 5.60 Å². The smallest absolute Gasteiger partial charge is 0.407 e. The summed E-state index contributed by atoms with van der Waals surface area (Å²) in [6.45, 7) is 9.97. The van der Waals surface area contributed by atoms with Gasteiger partial charge in [0.2, 0.25) is 0 Å². The van der Waals surface area contributed by atoms with E-state index in [9.17, 15) is 4.79 Å². The molecule has 0 spiro atoms. The Labute approximate surface area is 162 Å². The maximum atomic E-state index is 11.4. The molecular weight excluding hydrogens is 350 g/mol. The minimum absolute atomic E-state index is 0.404. The third kappa shape index (κ3) is 15.1. The molecule has 0 radical (unpaired) electrons. The van der Waals surface area contributed by atoms with E-state index in [1.807, 2.05) is 51.1 Å². The van der Waals surface area contributed by atoms with Gasteiger partial charge in [-0.25, -0.2) is 4.79 Å². The Hall–Kier alpha value is -1.67. The van der Waals surface area contributed by atoms with Gasteiger partial charge in [0.15, 0.2) is 0 Å². The number of hydrogen-bond donors (Lipinski definition) is 1. The number of ether oxygens (including phenoxy) is 5. The van der Waals surface area contributed by atoms with E-state index < -0.39 is 11.7 Å². The Morgan fingerprint density at radius 2 is 1.33 bits per heavy atom. The van der Waals surface area contributed by atoms with Crippen molar-refractivity contribution in [3.63, 3.8) is 0 Å². The summed E-state index contributed by atoms with van der Waals surface area (Å²) in [7, 11) is 0. The number of alkyl carbamates (subject to hydrolysis) is 1. The summed E-state index contributed by atoms with van der Waals surface area (Å²) in [5.41, 5.74) is 0.664. The summed E-state index contributed by atoms with van der Waals surface area (Å²) in [5.74, 6) is 0. The fraction of sp³-hybridized carbons (Fsp3) is 0.650. The average Bonchev–Trinajstić information content (AvgIpc) is 2.61. The van der Waals surface area contributed by atoms with Gasteiger partial charge in [-0.15, -0.1) is 0 Å². The molecule has 0 atom stereocenters. The minimum Gasteiger partial charge on any atom is -0.444 e. The van der Waals surface area contributed by atoms with Crippen LogP contribution in [0.2, 0.25) is 0 Å². The van der Waals surface area contributed by atoms with Crippen LogP contribution in [-0.2, 0) is 30.3 Å². The minimum atomic E-state index is -0.491. The summed E-state index contributed by atoms with van der Waals surface area (Å²) in [6, 6.07) is 10.0. The van der Waals surface area contributed by atoms with E-state index >= 15 is 0 Å². The lowest BCUT2D eigenvalue weighted by Crippen LogP contribution is -2.34. The van der Waals surface area contributed by atoms with Crippen molar-refractivity contribution >= 4 is 6.09 Å². The normalized spacial score (nSPS) is 11.4. The molecule has 0 fully saturated rings. The van der Waals surface area contributed by atoms with Crippen LogP contribution in [0.4, 0.5) is 4.79 Å². The molecule has 27 heavy (non-hydrogen) atoms. The van der Waals surface area contributed by atoms with Crippen molar-refractivity contribution in [2.24, 2.45) is 0 Å². The second-order valence-corrected chi connectivity index (χ2v) is 6.80. The quantitative estimate of drug-likeness (QED) is 0.498. The average molecular weight is 383 g/mol. The topological polar surface area (TPSA) is 75.3 Å². The van der Waals surface area contributed by atoms with Crippen LogP contribution in [0, 0.1) is 0 Å². The highest BCUT2D eigenvalue weighted by Gasteiger charge is 2.15. The molecule has 0 heterocycles. The number of carbonyl (C=O) groups is 1. The standard InChI is InChI=1S/C20H33NO6/c1-20(2,3)27-19(22)21-9-10-23-11-12-24-13-14-25-15-16-26-17-18-7-5-4-6-8-18/h4-8H,9-17H2,1-3H3,(H,21,22). The fourth-order valence-electron chi connectivity index (χ4n) is 1.96. The Balaban J connectivity index is 1.77. The van der Waals surface area contributed by atoms with Crippen molar-refractivity contribution < 1.29 is 28.5 Å². The third-order valence-corrected chi connectivity index (χ3v) is 3.14. The first-order valence-electron chi connectivity index (χ1n) is 9.29. The monoisotopic (exact) mass is 383 g/mol. The number of benzene rings is 1. The Morgan fingerprint density at radius 1 is 0.815 bits per heavy atom. The Bertz CT molecular complexity index is 489. The van der Waals surface area contributed by atoms with Crippen LogP contribution in [0.25, 0.3) is 0 Å². The largest absolute Gasteiger partial charge is 0.444 e. The summed E-state index contributed by atoms with van der Waals surface area (Å²) >= 11 is 0. The van der Waals surface area contributed by atoms with Crippen molar-refractivity contribution in [1.29, 1.82) is 0 Å². The zero-order chi connectivity index (χ0) is 19.8. The van der Waals surface area contributed by atoms with Crippen molar-refractivity contribution in [2.45, 2.75) is 33.0 Å². The van der Waals surface area contributed by atoms with Crippen molar-refractivity contribution in [1.82, 2.24) is 5.32 Å². The molecule has 0 aliphatic carbocycles. The van der Waals surface area contributed by atoms with Gasteiger partial charge in [-0.3, -0.25) is 0 Å². The van der Waals surface area contributed by atoms with Gasteiger partial charge in [0, 0.05) is 6.54 Å². The van der Waals surface area contributed by atoms with Gasteiger partial charge in [-0.05, 0) is 26.3 Å². The molecular formula is C20H33NO6. The van der Waals surface area contributed by atoms with Crippen LogP contribution in [-0.4, -0.2) is 64.5 Å². The van der Waals surface area contributed by atoms with Crippen LogP contribution in [0.5, 0.6) is 0 Å². The molecule has 1 aromatic carbocycles. The van der Waals surface area contributed by atoms with Crippen molar-refractivity contribution in [3.05, 3.63) is 35.9 Å². The van der Waals surface area contributed by atoms with E-state index in [1.165, 1.54) is 0 Å². The number of carbonyl (C=O) groups excluding carboxylic acids is 1. The van der Waals surface area contributed by atoms with Gasteiger partial charge in [-0.1, -0.05) is 30.3 Å². The fourth-order valence-corrected chi connectivity index (χ4v) is 1.96. The summed E-state index contributed by atoms with van der Waals surface area (Å²) < 4.78 is 26.8. The van der Waals surface area contributed by atoms with Gasteiger partial charge < -0.3 is 29.0 Å². The van der Waals surface area contributed by atoms with E-state index in [-0.39, 0.29) is 0 Å². The zero-order valence-corrected chi connectivity index (χ0v) is 16.7. The first kappa shape index (κ1) is 23.4. The maximum absolute atomic E-state index is 11.4. The lowest BCUT2D eigenvalue weighted by Gasteiger charge is -2.19. The number of amides is 1. The molecule has 7 heteroatoms. The molecule has 0 aromatic heterocycles. The molecule has 7 nitrogen and oxygen atoms in total. The predicted octanol–water partition coefficient (Wildman–Crippen LogP) is 2.78. The molecule has 0 saturated heterocycles. The maximum Gasteiger partial charge on any atom is 0.407 e. The second kappa shape index (κ2) is 14.4. The summed E-state index contributed by atoms with van der Waals surface area (Å²) in [5, 5.41) is 2.63. The SMILES string of the molecule is CC(C)(C)OC(=O)NCCOCCOCCOCCOCc1ccccc1. The lowest BCUT2D eigenvalue weighted by molar-refractivity contribution is -0.00407. The molecule has 154 valence electrons. The predicted molar refractivity (Wildman–Crippen MR) is 103 cm³/mol. The molecule has 0 aliphatic rings. The highest BCUT2D eigenvalue weighted by atomic mass is 16.6. The van der Waals surface area contributed by atoms with Gasteiger partial charge in [0.05, 0.1) is 52.9 Å². The molecule has 1 N–H and O–H groups in total. The Kier molecular flexibility index (Phi) is 12.5.